The molecule has 0 unspecified atom stereocenters. The third kappa shape index (κ3) is 4.72. The van der Waals surface area contributed by atoms with E-state index in [0.29, 0.717) is 16.4 Å². The Hall–Kier alpha value is -1.57. The van der Waals surface area contributed by atoms with Crippen molar-refractivity contribution < 1.29 is 13.2 Å². The van der Waals surface area contributed by atoms with Crippen LogP contribution < -0.4 is 4.72 Å². The van der Waals surface area contributed by atoms with Crippen LogP contribution in [0, 0.1) is 0 Å². The van der Waals surface area contributed by atoms with E-state index in [1.165, 1.54) is 10.9 Å². The first kappa shape index (κ1) is 16.8. The molecule has 0 saturated carbocycles. The number of hydrogen-bond acceptors (Lipinski definition) is 4. The number of sulfonamides is 1. The van der Waals surface area contributed by atoms with E-state index in [4.69, 9.17) is 16.3 Å². The molecule has 0 radical (unpaired) electrons. The summed E-state index contributed by atoms with van der Waals surface area (Å²) >= 11 is 6.08. The number of rotatable bonds is 7. The van der Waals surface area contributed by atoms with Gasteiger partial charge in [0.15, 0.2) is 0 Å². The number of para-hydroxylation sites is 1. The molecule has 6 nitrogen and oxygen atoms in total. The van der Waals surface area contributed by atoms with E-state index < -0.39 is 10.0 Å². The van der Waals surface area contributed by atoms with Crippen molar-refractivity contribution in [3.63, 3.8) is 0 Å². The highest BCUT2D eigenvalue weighted by molar-refractivity contribution is 7.92. The van der Waals surface area contributed by atoms with Gasteiger partial charge in [0.05, 0.1) is 47.3 Å². The van der Waals surface area contributed by atoms with Gasteiger partial charge < -0.3 is 4.74 Å². The molecule has 0 amide bonds. The molecule has 0 spiro atoms. The molecule has 1 N–H and O–H groups in total. The molecule has 2 aromatic rings. The Bertz CT molecular complexity index is 728. The van der Waals surface area contributed by atoms with Crippen LogP contribution >= 0.6 is 11.6 Å². The molecular weight excluding hydrogens is 326 g/mol. The van der Waals surface area contributed by atoms with E-state index in [1.807, 2.05) is 26.0 Å². The maximum atomic E-state index is 11.9. The van der Waals surface area contributed by atoms with Gasteiger partial charge in [0, 0.05) is 0 Å². The Labute approximate surface area is 135 Å². The summed E-state index contributed by atoms with van der Waals surface area (Å²) in [5, 5.41) is 4.65. The minimum Gasteiger partial charge on any atom is -0.378 e. The normalized spacial score (nSPS) is 11.8. The summed E-state index contributed by atoms with van der Waals surface area (Å²) in [6, 6.07) is 7.18. The standard InChI is InChI=1S/C14H18ClN3O3S/c1-11(2)21-7-8-22(19,20)17-12-9-16-18(10-12)14-6-4-3-5-13(14)15/h3-6,9-11,17H,7-8H2,1-2H3. The van der Waals surface area contributed by atoms with Crippen molar-refractivity contribution in [1.82, 2.24) is 9.78 Å². The van der Waals surface area contributed by atoms with Gasteiger partial charge in [-0.25, -0.2) is 13.1 Å². The molecule has 0 atom stereocenters. The SMILES string of the molecule is CC(C)OCCS(=O)(=O)Nc1cnn(-c2ccccc2Cl)c1. The van der Waals surface area contributed by atoms with Crippen molar-refractivity contribution in [1.29, 1.82) is 0 Å². The maximum absolute atomic E-state index is 11.9. The summed E-state index contributed by atoms with van der Waals surface area (Å²) in [7, 11) is -3.47. The molecule has 1 aromatic carbocycles. The predicted molar refractivity (Wildman–Crippen MR) is 87.1 cm³/mol. The van der Waals surface area contributed by atoms with Crippen molar-refractivity contribution in [2.75, 3.05) is 17.1 Å². The lowest BCUT2D eigenvalue weighted by Crippen LogP contribution is -2.21. The fourth-order valence-corrected chi connectivity index (χ4v) is 2.87. The zero-order chi connectivity index (χ0) is 16.2. The van der Waals surface area contributed by atoms with Crippen molar-refractivity contribution in [3.8, 4) is 5.69 Å². The largest absolute Gasteiger partial charge is 0.378 e. The van der Waals surface area contributed by atoms with Crippen molar-refractivity contribution in [2.45, 2.75) is 20.0 Å². The van der Waals surface area contributed by atoms with E-state index in [-0.39, 0.29) is 18.5 Å². The van der Waals surface area contributed by atoms with Crippen molar-refractivity contribution in [3.05, 3.63) is 41.7 Å². The third-order valence-electron chi connectivity index (χ3n) is 2.76. The van der Waals surface area contributed by atoms with Crippen molar-refractivity contribution >= 4 is 27.3 Å². The van der Waals surface area contributed by atoms with Crippen LogP contribution in [0.15, 0.2) is 36.7 Å². The second kappa shape index (κ2) is 7.13. The molecule has 2 rings (SSSR count). The first-order valence-electron chi connectivity index (χ1n) is 6.79. The summed E-state index contributed by atoms with van der Waals surface area (Å²) in [6.07, 6.45) is 3.00. The quantitative estimate of drug-likeness (QED) is 0.838. The topological polar surface area (TPSA) is 73.2 Å². The molecule has 0 aliphatic rings. The molecule has 1 heterocycles. The smallest absolute Gasteiger partial charge is 0.235 e. The summed E-state index contributed by atoms with van der Waals surface area (Å²) in [4.78, 5) is 0. The van der Waals surface area contributed by atoms with Gasteiger partial charge >= 0.3 is 0 Å². The Morgan fingerprint density at radius 2 is 2.09 bits per heavy atom. The highest BCUT2D eigenvalue weighted by Gasteiger charge is 2.13. The van der Waals surface area contributed by atoms with Crippen LogP contribution in [-0.4, -0.2) is 36.7 Å². The van der Waals surface area contributed by atoms with E-state index >= 15 is 0 Å². The van der Waals surface area contributed by atoms with Gasteiger partial charge in [-0.05, 0) is 26.0 Å². The minimum absolute atomic E-state index is 0.00169. The number of hydrogen-bond donors (Lipinski definition) is 1. The molecule has 22 heavy (non-hydrogen) atoms. The lowest BCUT2D eigenvalue weighted by Gasteiger charge is -2.08. The number of aromatic nitrogens is 2. The molecule has 0 aliphatic carbocycles. The summed E-state index contributed by atoms with van der Waals surface area (Å²) in [5.74, 6) is -0.109. The highest BCUT2D eigenvalue weighted by Crippen LogP contribution is 2.20. The van der Waals surface area contributed by atoms with E-state index in [2.05, 4.69) is 9.82 Å². The molecular formula is C14H18ClN3O3S. The van der Waals surface area contributed by atoms with Gasteiger partial charge in [0.2, 0.25) is 10.0 Å². The second-order valence-electron chi connectivity index (χ2n) is 4.97. The molecule has 120 valence electrons. The Morgan fingerprint density at radius 3 is 2.77 bits per heavy atom. The van der Waals surface area contributed by atoms with Gasteiger partial charge in [0.25, 0.3) is 0 Å². The average molecular weight is 344 g/mol. The number of ether oxygens (including phenoxy) is 1. The Kier molecular flexibility index (Phi) is 5.44. The third-order valence-corrected chi connectivity index (χ3v) is 4.33. The van der Waals surface area contributed by atoms with Gasteiger partial charge in [-0.15, -0.1) is 0 Å². The van der Waals surface area contributed by atoms with E-state index in [1.54, 1.807) is 18.3 Å². The summed E-state index contributed by atoms with van der Waals surface area (Å²) in [6.45, 7) is 3.85. The average Bonchev–Trinajstić information content (AvgIpc) is 2.86. The second-order valence-corrected chi connectivity index (χ2v) is 7.21. The first-order valence-corrected chi connectivity index (χ1v) is 8.82. The lowest BCUT2D eigenvalue weighted by molar-refractivity contribution is 0.0913. The fraction of sp³-hybridized carbons (Fsp3) is 0.357. The van der Waals surface area contributed by atoms with Gasteiger partial charge in [-0.2, -0.15) is 5.10 Å². The molecule has 8 heteroatoms. The van der Waals surface area contributed by atoms with Crippen LogP contribution in [0.25, 0.3) is 5.69 Å². The Balaban J connectivity index is 2.04. The monoisotopic (exact) mass is 343 g/mol. The molecule has 0 bridgehead atoms. The molecule has 0 fully saturated rings. The first-order chi connectivity index (χ1) is 10.4. The zero-order valence-electron chi connectivity index (χ0n) is 12.4. The number of benzene rings is 1. The van der Waals surface area contributed by atoms with Crippen LogP contribution in [0.5, 0.6) is 0 Å². The van der Waals surface area contributed by atoms with E-state index in [0.717, 1.165) is 0 Å². The van der Waals surface area contributed by atoms with Gasteiger partial charge in [-0.3, -0.25) is 4.72 Å². The van der Waals surface area contributed by atoms with Crippen LogP contribution in [-0.2, 0) is 14.8 Å². The number of halogens is 1. The fourth-order valence-electron chi connectivity index (χ4n) is 1.77. The van der Waals surface area contributed by atoms with Gasteiger partial charge in [0.1, 0.15) is 0 Å². The molecule has 0 saturated heterocycles. The molecule has 0 aliphatic heterocycles. The van der Waals surface area contributed by atoms with Crippen LogP contribution in [0.4, 0.5) is 5.69 Å². The maximum Gasteiger partial charge on any atom is 0.235 e. The summed E-state index contributed by atoms with van der Waals surface area (Å²) < 4.78 is 33.1. The number of nitrogens with zero attached hydrogens (tertiary/aromatic N) is 2. The van der Waals surface area contributed by atoms with Gasteiger partial charge in [-0.1, -0.05) is 23.7 Å². The molecule has 1 aromatic heterocycles. The van der Waals surface area contributed by atoms with E-state index in [9.17, 15) is 8.42 Å². The number of anilines is 1. The van der Waals surface area contributed by atoms with Crippen molar-refractivity contribution in [2.24, 2.45) is 0 Å². The van der Waals surface area contributed by atoms with Crippen LogP contribution in [0.2, 0.25) is 5.02 Å². The van der Waals surface area contributed by atoms with Crippen LogP contribution in [0.3, 0.4) is 0 Å². The minimum atomic E-state index is -3.47. The highest BCUT2D eigenvalue weighted by atomic mass is 35.5. The summed E-state index contributed by atoms with van der Waals surface area (Å²) in [5.41, 5.74) is 1.06. The van der Waals surface area contributed by atoms with Crippen LogP contribution in [0.1, 0.15) is 13.8 Å². The lowest BCUT2D eigenvalue weighted by atomic mass is 10.3. The Morgan fingerprint density at radius 1 is 1.36 bits per heavy atom. The zero-order valence-corrected chi connectivity index (χ0v) is 13.9. The predicted octanol–water partition coefficient (Wildman–Crippen LogP) is 2.69. The number of nitrogens with one attached hydrogen (secondary N) is 1.